The SMILES string of the molecule is CC1CCN(c2snc(N)c2C(=O)NC(C)C)C1. The van der Waals surface area contributed by atoms with Crippen molar-refractivity contribution in [3.8, 4) is 0 Å². The molecule has 0 aliphatic carbocycles. The molecule has 1 fully saturated rings. The van der Waals surface area contributed by atoms with Crippen LogP contribution in [0.15, 0.2) is 0 Å². The Morgan fingerprint density at radius 1 is 1.61 bits per heavy atom. The van der Waals surface area contributed by atoms with Crippen LogP contribution in [0.1, 0.15) is 37.6 Å². The van der Waals surface area contributed by atoms with Crippen LogP contribution in [0.2, 0.25) is 0 Å². The maximum absolute atomic E-state index is 12.1. The predicted octanol–water partition coefficient (Wildman–Crippen LogP) is 1.71. The van der Waals surface area contributed by atoms with Crippen molar-refractivity contribution in [2.24, 2.45) is 5.92 Å². The Morgan fingerprint density at radius 2 is 2.33 bits per heavy atom. The van der Waals surface area contributed by atoms with Crippen molar-refractivity contribution in [2.75, 3.05) is 23.7 Å². The Hall–Kier alpha value is -1.30. The standard InChI is InChI=1S/C12H20N4OS/c1-7(2)14-11(17)9-10(13)15-18-12(9)16-5-4-8(3)6-16/h7-8H,4-6H2,1-3H3,(H2,13,15)(H,14,17). The molecule has 0 aromatic carbocycles. The van der Waals surface area contributed by atoms with Gasteiger partial charge in [-0.1, -0.05) is 6.92 Å². The highest BCUT2D eigenvalue weighted by Crippen LogP contribution is 2.34. The second-order valence-electron chi connectivity index (χ2n) is 5.22. The maximum atomic E-state index is 12.1. The zero-order chi connectivity index (χ0) is 13.3. The molecule has 0 spiro atoms. The molecule has 1 aromatic heterocycles. The van der Waals surface area contributed by atoms with Crippen LogP contribution in [-0.2, 0) is 0 Å². The fourth-order valence-corrected chi connectivity index (χ4v) is 3.02. The van der Waals surface area contributed by atoms with Gasteiger partial charge >= 0.3 is 0 Å². The maximum Gasteiger partial charge on any atom is 0.258 e. The molecule has 1 saturated heterocycles. The summed E-state index contributed by atoms with van der Waals surface area (Å²) in [7, 11) is 0. The predicted molar refractivity (Wildman–Crippen MR) is 75.1 cm³/mol. The molecule has 1 aliphatic heterocycles. The van der Waals surface area contributed by atoms with E-state index in [2.05, 4.69) is 21.5 Å². The first-order valence-corrected chi connectivity index (χ1v) is 7.07. The van der Waals surface area contributed by atoms with Gasteiger partial charge in [-0.2, -0.15) is 4.37 Å². The number of nitrogens with two attached hydrogens (primary N) is 1. The van der Waals surface area contributed by atoms with Gasteiger partial charge in [0.15, 0.2) is 5.82 Å². The Bertz CT molecular complexity index is 443. The summed E-state index contributed by atoms with van der Waals surface area (Å²) in [6, 6.07) is 0.0992. The highest BCUT2D eigenvalue weighted by molar-refractivity contribution is 7.11. The van der Waals surface area contributed by atoms with Crippen molar-refractivity contribution < 1.29 is 4.79 Å². The number of rotatable bonds is 3. The molecule has 5 nitrogen and oxygen atoms in total. The van der Waals surface area contributed by atoms with Crippen molar-refractivity contribution in [2.45, 2.75) is 33.2 Å². The highest BCUT2D eigenvalue weighted by Gasteiger charge is 2.27. The second kappa shape index (κ2) is 5.14. The van der Waals surface area contributed by atoms with E-state index in [0.717, 1.165) is 24.5 Å². The Balaban J connectivity index is 2.24. The van der Waals surface area contributed by atoms with Crippen molar-refractivity contribution in [1.82, 2.24) is 9.69 Å². The third-order valence-corrected chi connectivity index (χ3v) is 3.98. The third-order valence-electron chi connectivity index (χ3n) is 3.06. The van der Waals surface area contributed by atoms with E-state index in [1.54, 1.807) is 0 Å². The monoisotopic (exact) mass is 268 g/mol. The Labute approximate surface area is 112 Å². The van der Waals surface area contributed by atoms with Crippen LogP contribution in [0.5, 0.6) is 0 Å². The lowest BCUT2D eigenvalue weighted by Crippen LogP contribution is -2.32. The zero-order valence-corrected chi connectivity index (χ0v) is 11.9. The van der Waals surface area contributed by atoms with Gasteiger partial charge in [0.2, 0.25) is 0 Å². The summed E-state index contributed by atoms with van der Waals surface area (Å²) in [6.45, 7) is 8.05. The lowest BCUT2D eigenvalue weighted by Gasteiger charge is -2.17. The smallest absolute Gasteiger partial charge is 0.258 e. The molecule has 0 radical (unpaired) electrons. The molecule has 1 amide bonds. The quantitative estimate of drug-likeness (QED) is 0.875. The highest BCUT2D eigenvalue weighted by atomic mass is 32.1. The summed E-state index contributed by atoms with van der Waals surface area (Å²) in [6.07, 6.45) is 1.16. The number of carbonyl (C=O) groups is 1. The van der Waals surface area contributed by atoms with E-state index < -0.39 is 0 Å². The number of carbonyl (C=O) groups excluding carboxylic acids is 1. The molecule has 1 aromatic rings. The van der Waals surface area contributed by atoms with Crippen molar-refractivity contribution in [1.29, 1.82) is 0 Å². The molecule has 2 rings (SSSR count). The summed E-state index contributed by atoms with van der Waals surface area (Å²) in [5.41, 5.74) is 6.38. The van der Waals surface area contributed by atoms with Gasteiger partial charge in [0.1, 0.15) is 10.6 Å². The average molecular weight is 268 g/mol. The third kappa shape index (κ3) is 2.58. The van der Waals surface area contributed by atoms with Crippen LogP contribution in [0.25, 0.3) is 0 Å². The van der Waals surface area contributed by atoms with E-state index in [1.165, 1.54) is 11.5 Å². The van der Waals surface area contributed by atoms with Gasteiger partial charge in [-0.05, 0) is 37.7 Å². The number of hydrogen-bond donors (Lipinski definition) is 2. The van der Waals surface area contributed by atoms with Gasteiger partial charge in [0, 0.05) is 19.1 Å². The number of nitrogens with one attached hydrogen (secondary N) is 1. The minimum Gasteiger partial charge on any atom is -0.382 e. The van der Waals surface area contributed by atoms with Gasteiger partial charge in [-0.15, -0.1) is 0 Å². The molecule has 6 heteroatoms. The average Bonchev–Trinajstić information content (AvgIpc) is 2.83. The van der Waals surface area contributed by atoms with E-state index in [0.29, 0.717) is 17.3 Å². The number of anilines is 2. The van der Waals surface area contributed by atoms with E-state index in [-0.39, 0.29) is 11.9 Å². The fourth-order valence-electron chi connectivity index (χ4n) is 2.18. The molecule has 1 atom stereocenters. The van der Waals surface area contributed by atoms with E-state index in [1.807, 2.05) is 13.8 Å². The first-order chi connectivity index (χ1) is 8.49. The Morgan fingerprint density at radius 3 is 2.89 bits per heavy atom. The van der Waals surface area contributed by atoms with Gasteiger partial charge in [0.05, 0.1) is 0 Å². The Kier molecular flexibility index (Phi) is 3.75. The summed E-state index contributed by atoms with van der Waals surface area (Å²) < 4.78 is 4.13. The molecular formula is C12H20N4OS. The number of nitrogens with zero attached hydrogens (tertiary/aromatic N) is 2. The van der Waals surface area contributed by atoms with Crippen LogP contribution in [0, 0.1) is 5.92 Å². The van der Waals surface area contributed by atoms with Gasteiger partial charge in [0.25, 0.3) is 5.91 Å². The van der Waals surface area contributed by atoms with Crippen LogP contribution in [-0.4, -0.2) is 29.4 Å². The molecule has 3 N–H and O–H groups in total. The van der Waals surface area contributed by atoms with Crippen LogP contribution in [0.4, 0.5) is 10.8 Å². The number of hydrogen-bond acceptors (Lipinski definition) is 5. The largest absolute Gasteiger partial charge is 0.382 e. The lowest BCUT2D eigenvalue weighted by atomic mass is 10.2. The number of aromatic nitrogens is 1. The van der Waals surface area contributed by atoms with Crippen LogP contribution < -0.4 is 16.0 Å². The van der Waals surface area contributed by atoms with Crippen molar-refractivity contribution in [3.63, 3.8) is 0 Å². The number of nitrogen functional groups attached to an aromatic ring is 1. The fraction of sp³-hybridized carbons (Fsp3) is 0.667. The zero-order valence-electron chi connectivity index (χ0n) is 11.1. The van der Waals surface area contributed by atoms with Gasteiger partial charge in [-0.25, -0.2) is 0 Å². The summed E-state index contributed by atoms with van der Waals surface area (Å²) in [5, 5.41) is 3.79. The van der Waals surface area contributed by atoms with Crippen molar-refractivity contribution >= 4 is 28.3 Å². The molecule has 0 bridgehead atoms. The van der Waals surface area contributed by atoms with E-state index >= 15 is 0 Å². The van der Waals surface area contributed by atoms with Crippen molar-refractivity contribution in [3.05, 3.63) is 5.56 Å². The molecular weight excluding hydrogens is 248 g/mol. The molecule has 1 aliphatic rings. The molecule has 100 valence electrons. The summed E-state index contributed by atoms with van der Waals surface area (Å²) in [4.78, 5) is 14.4. The minimum absolute atomic E-state index is 0.0992. The molecule has 18 heavy (non-hydrogen) atoms. The van der Waals surface area contributed by atoms with E-state index in [9.17, 15) is 4.79 Å². The van der Waals surface area contributed by atoms with Gasteiger partial charge < -0.3 is 16.0 Å². The minimum atomic E-state index is -0.120. The molecule has 2 heterocycles. The second-order valence-corrected chi connectivity index (χ2v) is 5.97. The van der Waals surface area contributed by atoms with Gasteiger partial charge in [-0.3, -0.25) is 4.79 Å². The topological polar surface area (TPSA) is 71.2 Å². The molecule has 0 saturated carbocycles. The molecule has 1 unspecified atom stereocenters. The summed E-state index contributed by atoms with van der Waals surface area (Å²) >= 11 is 1.32. The first kappa shape index (κ1) is 13.1. The lowest BCUT2D eigenvalue weighted by molar-refractivity contribution is 0.0945. The summed E-state index contributed by atoms with van der Waals surface area (Å²) in [5.74, 6) is 0.882. The van der Waals surface area contributed by atoms with Crippen LogP contribution >= 0.6 is 11.5 Å². The normalized spacial score (nSPS) is 19.6. The first-order valence-electron chi connectivity index (χ1n) is 6.30. The number of amides is 1. The van der Waals surface area contributed by atoms with E-state index in [4.69, 9.17) is 5.73 Å². The van der Waals surface area contributed by atoms with Crippen LogP contribution in [0.3, 0.4) is 0 Å².